The molecule has 0 aliphatic carbocycles. The van der Waals surface area contributed by atoms with Crippen LogP contribution in [0.2, 0.25) is 0 Å². The summed E-state index contributed by atoms with van der Waals surface area (Å²) in [6.07, 6.45) is 8.87. The highest BCUT2D eigenvalue weighted by molar-refractivity contribution is 5.62. The molecule has 0 fully saturated rings. The number of hydrogen-bond donors (Lipinski definition) is 1. The van der Waals surface area contributed by atoms with Crippen LogP contribution in [0.15, 0.2) is 55.3 Å². The molecule has 2 aromatic heterocycles. The van der Waals surface area contributed by atoms with Crippen LogP contribution < -0.4 is 5.32 Å². The third-order valence-corrected chi connectivity index (χ3v) is 3.66. The molecule has 0 radical (unpaired) electrons. The summed E-state index contributed by atoms with van der Waals surface area (Å²) in [5, 5.41) is 7.51. The summed E-state index contributed by atoms with van der Waals surface area (Å²) < 4.78 is 6.99. The van der Waals surface area contributed by atoms with Crippen molar-refractivity contribution in [2.45, 2.75) is 13.5 Å². The summed E-state index contributed by atoms with van der Waals surface area (Å²) in [7, 11) is 1.92. The normalized spacial score (nSPS) is 11.0. The van der Waals surface area contributed by atoms with Gasteiger partial charge >= 0.3 is 0 Å². The lowest BCUT2D eigenvalue weighted by molar-refractivity contribution is 0.272. The lowest BCUT2D eigenvalue weighted by Crippen LogP contribution is -2.02. The summed E-state index contributed by atoms with van der Waals surface area (Å²) in [4.78, 5) is 8.43. The predicted octanol–water partition coefficient (Wildman–Crippen LogP) is 3.50. The molecular weight excluding hydrogens is 314 g/mol. The molecule has 0 amide bonds. The first-order valence-corrected chi connectivity index (χ1v) is 8.16. The van der Waals surface area contributed by atoms with Gasteiger partial charge in [-0.05, 0) is 24.1 Å². The first kappa shape index (κ1) is 16.7. The van der Waals surface area contributed by atoms with Gasteiger partial charge in [-0.15, -0.1) is 0 Å². The van der Waals surface area contributed by atoms with Crippen molar-refractivity contribution in [3.63, 3.8) is 0 Å². The third kappa shape index (κ3) is 4.67. The number of hydrogen-bond acceptors (Lipinski definition) is 5. The number of ether oxygens (including phenoxy) is 1. The Labute approximate surface area is 147 Å². The van der Waals surface area contributed by atoms with Gasteiger partial charge in [0.25, 0.3) is 0 Å². The molecule has 0 aliphatic rings. The van der Waals surface area contributed by atoms with E-state index in [1.807, 2.05) is 38.5 Å². The van der Waals surface area contributed by atoms with Gasteiger partial charge in [0.15, 0.2) is 0 Å². The van der Waals surface area contributed by atoms with Crippen molar-refractivity contribution in [3.05, 3.63) is 66.6 Å². The summed E-state index contributed by atoms with van der Waals surface area (Å²) in [6.45, 7) is 3.28. The second-order valence-electron chi connectivity index (χ2n) is 5.54. The van der Waals surface area contributed by atoms with E-state index in [-0.39, 0.29) is 0 Å². The molecular formula is C19H21N5O. The minimum absolute atomic E-state index is 0.641. The van der Waals surface area contributed by atoms with Gasteiger partial charge in [-0.25, -0.2) is 9.97 Å². The molecule has 0 bridgehead atoms. The van der Waals surface area contributed by atoms with Crippen LogP contribution in [0, 0.1) is 0 Å². The van der Waals surface area contributed by atoms with E-state index >= 15 is 0 Å². The van der Waals surface area contributed by atoms with Crippen LogP contribution in [-0.2, 0) is 18.3 Å². The average Bonchev–Trinajstić information content (AvgIpc) is 3.07. The lowest BCUT2D eigenvalue weighted by atomic mass is 10.1. The van der Waals surface area contributed by atoms with E-state index in [0.717, 1.165) is 22.6 Å². The van der Waals surface area contributed by atoms with Crippen LogP contribution in [-0.4, -0.2) is 26.4 Å². The maximum absolute atomic E-state index is 5.19. The van der Waals surface area contributed by atoms with Crippen LogP contribution in [0.4, 0.5) is 5.82 Å². The van der Waals surface area contributed by atoms with E-state index in [2.05, 4.69) is 44.6 Å². The number of nitrogens with one attached hydrogen (secondary N) is 1. The van der Waals surface area contributed by atoms with Gasteiger partial charge in [0, 0.05) is 31.4 Å². The zero-order valence-electron chi connectivity index (χ0n) is 14.4. The molecule has 2 heterocycles. The Morgan fingerprint density at radius 1 is 1.16 bits per heavy atom. The van der Waals surface area contributed by atoms with Crippen molar-refractivity contribution >= 4 is 11.9 Å². The number of benzene rings is 1. The zero-order valence-corrected chi connectivity index (χ0v) is 14.4. The van der Waals surface area contributed by atoms with Gasteiger partial charge in [0.1, 0.15) is 12.1 Å². The molecule has 128 valence electrons. The van der Waals surface area contributed by atoms with Crippen LogP contribution in [0.25, 0.3) is 17.2 Å². The van der Waals surface area contributed by atoms with Gasteiger partial charge in [0.2, 0.25) is 0 Å². The van der Waals surface area contributed by atoms with Crippen molar-refractivity contribution in [1.29, 1.82) is 0 Å². The molecule has 25 heavy (non-hydrogen) atoms. The van der Waals surface area contributed by atoms with Crippen LogP contribution in [0.3, 0.4) is 0 Å². The molecule has 6 heteroatoms. The fraction of sp³-hybridized carbons (Fsp3) is 0.211. The quantitative estimate of drug-likeness (QED) is 0.670. The van der Waals surface area contributed by atoms with E-state index < -0.39 is 0 Å². The van der Waals surface area contributed by atoms with Crippen molar-refractivity contribution in [1.82, 2.24) is 19.7 Å². The topological polar surface area (TPSA) is 64.9 Å². The van der Waals surface area contributed by atoms with E-state index in [4.69, 9.17) is 4.74 Å². The van der Waals surface area contributed by atoms with Crippen molar-refractivity contribution < 1.29 is 4.74 Å². The smallest absolute Gasteiger partial charge is 0.130 e. The Balaban J connectivity index is 1.61. The fourth-order valence-corrected chi connectivity index (χ4v) is 2.35. The summed E-state index contributed by atoms with van der Waals surface area (Å²) >= 11 is 0. The van der Waals surface area contributed by atoms with Crippen molar-refractivity contribution in [2.24, 2.45) is 7.05 Å². The van der Waals surface area contributed by atoms with Crippen LogP contribution in [0.5, 0.6) is 0 Å². The van der Waals surface area contributed by atoms with E-state index in [1.54, 1.807) is 17.3 Å². The van der Waals surface area contributed by atoms with E-state index in [9.17, 15) is 0 Å². The number of aromatic nitrogens is 4. The highest BCUT2D eigenvalue weighted by atomic mass is 16.5. The summed E-state index contributed by atoms with van der Waals surface area (Å²) in [5.41, 5.74) is 4.25. The molecule has 3 rings (SSSR count). The second kappa shape index (κ2) is 8.10. The van der Waals surface area contributed by atoms with Crippen LogP contribution >= 0.6 is 0 Å². The number of anilines is 1. The molecule has 0 atom stereocenters. The Hall–Kier alpha value is -3.15. The maximum Gasteiger partial charge on any atom is 0.130 e. The fourth-order valence-electron chi connectivity index (χ4n) is 2.35. The maximum atomic E-state index is 5.19. The van der Waals surface area contributed by atoms with E-state index in [0.29, 0.717) is 13.2 Å². The average molecular weight is 335 g/mol. The summed E-state index contributed by atoms with van der Waals surface area (Å²) in [5.74, 6) is 0.780. The third-order valence-electron chi connectivity index (χ3n) is 3.66. The van der Waals surface area contributed by atoms with Gasteiger partial charge in [0.05, 0.1) is 24.8 Å². The minimum Gasteiger partial charge on any atom is -0.501 e. The molecule has 0 saturated heterocycles. The minimum atomic E-state index is 0.641. The predicted molar refractivity (Wildman–Crippen MR) is 98.7 cm³/mol. The van der Waals surface area contributed by atoms with Gasteiger partial charge < -0.3 is 10.1 Å². The monoisotopic (exact) mass is 335 g/mol. The molecule has 0 spiro atoms. The van der Waals surface area contributed by atoms with Crippen molar-refractivity contribution in [3.8, 4) is 11.1 Å². The molecule has 0 aliphatic heterocycles. The van der Waals surface area contributed by atoms with Gasteiger partial charge in [-0.3, -0.25) is 4.68 Å². The SMILES string of the molecule is CCOC=Cc1cc(NCc2ccc(-c3cnn(C)c3)cc2)ncn1. The van der Waals surface area contributed by atoms with E-state index in [1.165, 1.54) is 5.56 Å². The Morgan fingerprint density at radius 3 is 2.72 bits per heavy atom. The molecule has 3 aromatic rings. The number of nitrogens with zero attached hydrogens (tertiary/aromatic N) is 4. The van der Waals surface area contributed by atoms with Crippen LogP contribution in [0.1, 0.15) is 18.2 Å². The Bertz CT molecular complexity index is 839. The lowest BCUT2D eigenvalue weighted by Gasteiger charge is -2.07. The largest absolute Gasteiger partial charge is 0.501 e. The van der Waals surface area contributed by atoms with Gasteiger partial charge in [-0.1, -0.05) is 24.3 Å². The summed E-state index contributed by atoms with van der Waals surface area (Å²) in [6, 6.07) is 10.3. The first-order chi connectivity index (χ1) is 12.2. The molecule has 1 N–H and O–H groups in total. The molecule has 6 nitrogen and oxygen atoms in total. The number of aryl methyl sites for hydroxylation is 1. The Kier molecular flexibility index (Phi) is 5.41. The molecule has 0 unspecified atom stereocenters. The standard InChI is InChI=1S/C19H21N5O/c1-3-25-9-8-18-10-19(22-14-21-18)20-11-15-4-6-16(7-5-15)17-12-23-24(2)13-17/h4-10,12-14H,3,11H2,1-2H3,(H,20,21,22). The Morgan fingerprint density at radius 2 is 2.00 bits per heavy atom. The second-order valence-corrected chi connectivity index (χ2v) is 5.54. The molecule has 1 aromatic carbocycles. The number of rotatable bonds is 7. The highest BCUT2D eigenvalue weighted by Gasteiger charge is 2.01. The van der Waals surface area contributed by atoms with Crippen molar-refractivity contribution in [2.75, 3.05) is 11.9 Å². The molecule has 0 saturated carbocycles. The van der Waals surface area contributed by atoms with Gasteiger partial charge in [-0.2, -0.15) is 5.10 Å². The highest BCUT2D eigenvalue weighted by Crippen LogP contribution is 2.19. The zero-order chi connectivity index (χ0) is 17.5. The first-order valence-electron chi connectivity index (χ1n) is 8.16.